The maximum atomic E-state index is 13.3. The molecule has 0 aliphatic rings. The molecule has 0 aliphatic carbocycles. The predicted molar refractivity (Wildman–Crippen MR) is 88.2 cm³/mol. The second-order valence-electron chi connectivity index (χ2n) is 4.07. The Labute approximate surface area is 141 Å². The molecule has 0 aromatic heterocycles. The third-order valence-electron chi connectivity index (χ3n) is 2.63. The Bertz CT molecular complexity index is 736. The van der Waals surface area contributed by atoms with Gasteiger partial charge >= 0.3 is 5.97 Å². The van der Waals surface area contributed by atoms with Gasteiger partial charge in [-0.2, -0.15) is 0 Å². The number of halogens is 3. The Hall–Kier alpha value is -1.48. The molecule has 0 fully saturated rings. The molecule has 21 heavy (non-hydrogen) atoms. The molecule has 0 saturated heterocycles. The number of anilines is 1. The normalized spacial score (nSPS) is 10.2. The summed E-state index contributed by atoms with van der Waals surface area (Å²) in [4.78, 5) is 23.3. The highest BCUT2D eigenvalue weighted by Gasteiger charge is 2.16. The van der Waals surface area contributed by atoms with Crippen molar-refractivity contribution in [2.45, 2.75) is 0 Å². The standard InChI is InChI=1S/C14H8BrFINO3/c15-11-4-2-8(17)6-10(11)13(19)18-12-5-7(16)1-3-9(12)14(20)21/h1-6H,(H,18,19)(H,20,21). The molecule has 0 radical (unpaired) electrons. The van der Waals surface area contributed by atoms with E-state index in [1.165, 1.54) is 0 Å². The quantitative estimate of drug-likeness (QED) is 0.672. The molecule has 0 atom stereocenters. The number of hydrogen-bond donors (Lipinski definition) is 2. The van der Waals surface area contributed by atoms with Crippen LogP contribution in [0.25, 0.3) is 0 Å². The van der Waals surface area contributed by atoms with Gasteiger partial charge in [0, 0.05) is 8.04 Å². The zero-order chi connectivity index (χ0) is 15.6. The number of carboxylic acid groups (broad SMARTS) is 1. The zero-order valence-electron chi connectivity index (χ0n) is 10.4. The van der Waals surface area contributed by atoms with Crippen molar-refractivity contribution in [2.24, 2.45) is 0 Å². The molecule has 108 valence electrons. The van der Waals surface area contributed by atoms with Gasteiger partial charge in [-0.3, -0.25) is 4.79 Å². The summed E-state index contributed by atoms with van der Waals surface area (Å²) in [5, 5.41) is 11.5. The van der Waals surface area contributed by atoms with Crippen molar-refractivity contribution in [3.05, 3.63) is 61.4 Å². The van der Waals surface area contributed by atoms with Gasteiger partial charge in [0.1, 0.15) is 5.82 Å². The fourth-order valence-electron chi connectivity index (χ4n) is 1.67. The Morgan fingerprint density at radius 1 is 1.14 bits per heavy atom. The van der Waals surface area contributed by atoms with Gasteiger partial charge < -0.3 is 10.4 Å². The summed E-state index contributed by atoms with van der Waals surface area (Å²) in [6, 6.07) is 8.27. The monoisotopic (exact) mass is 463 g/mol. The molecule has 0 spiro atoms. The lowest BCUT2D eigenvalue weighted by Gasteiger charge is -2.10. The second-order valence-corrected chi connectivity index (χ2v) is 6.17. The van der Waals surface area contributed by atoms with E-state index in [4.69, 9.17) is 5.11 Å². The summed E-state index contributed by atoms with van der Waals surface area (Å²) in [7, 11) is 0. The summed E-state index contributed by atoms with van der Waals surface area (Å²) in [5.41, 5.74) is 0.0762. The maximum absolute atomic E-state index is 13.3. The van der Waals surface area contributed by atoms with Crippen LogP contribution in [0.5, 0.6) is 0 Å². The van der Waals surface area contributed by atoms with E-state index in [0.29, 0.717) is 10.0 Å². The molecule has 0 saturated carbocycles. The molecule has 1 amide bonds. The molecule has 2 N–H and O–H groups in total. The van der Waals surface area contributed by atoms with Gasteiger partial charge in [0.05, 0.1) is 16.8 Å². The lowest BCUT2D eigenvalue weighted by atomic mass is 10.1. The van der Waals surface area contributed by atoms with Crippen molar-refractivity contribution in [3.63, 3.8) is 0 Å². The van der Waals surface area contributed by atoms with Crippen LogP contribution in [-0.2, 0) is 0 Å². The topological polar surface area (TPSA) is 66.4 Å². The van der Waals surface area contributed by atoms with Gasteiger partial charge in [0.2, 0.25) is 0 Å². The van der Waals surface area contributed by atoms with Crippen LogP contribution in [0.3, 0.4) is 0 Å². The summed E-state index contributed by atoms with van der Waals surface area (Å²) in [6.45, 7) is 0. The highest BCUT2D eigenvalue weighted by Crippen LogP contribution is 2.23. The molecule has 4 nitrogen and oxygen atoms in total. The van der Waals surface area contributed by atoms with Crippen LogP contribution in [-0.4, -0.2) is 17.0 Å². The fraction of sp³-hybridized carbons (Fsp3) is 0. The lowest BCUT2D eigenvalue weighted by Crippen LogP contribution is -2.15. The van der Waals surface area contributed by atoms with E-state index in [0.717, 1.165) is 21.8 Å². The number of amides is 1. The first-order valence-electron chi connectivity index (χ1n) is 5.67. The maximum Gasteiger partial charge on any atom is 0.337 e. The largest absolute Gasteiger partial charge is 0.478 e. The Morgan fingerprint density at radius 3 is 2.52 bits per heavy atom. The highest BCUT2D eigenvalue weighted by molar-refractivity contribution is 14.1. The molecule has 0 heterocycles. The minimum atomic E-state index is -1.24. The van der Waals surface area contributed by atoms with Gasteiger partial charge in [0.15, 0.2) is 0 Å². The van der Waals surface area contributed by atoms with Crippen molar-refractivity contribution in [1.82, 2.24) is 0 Å². The van der Waals surface area contributed by atoms with Crippen molar-refractivity contribution >= 4 is 56.1 Å². The third-order valence-corrected chi connectivity index (χ3v) is 4.00. The summed E-state index contributed by atoms with van der Waals surface area (Å²) >= 11 is 5.31. The SMILES string of the molecule is O=C(Nc1cc(F)ccc1C(=O)O)c1cc(I)ccc1Br. The van der Waals surface area contributed by atoms with E-state index in [2.05, 4.69) is 43.8 Å². The first-order valence-corrected chi connectivity index (χ1v) is 7.55. The molecule has 7 heteroatoms. The van der Waals surface area contributed by atoms with E-state index in [1.807, 2.05) is 6.07 Å². The molecular formula is C14H8BrFINO3. The molecule has 0 aliphatic heterocycles. The van der Waals surface area contributed by atoms with E-state index < -0.39 is 17.7 Å². The van der Waals surface area contributed by atoms with Crippen LogP contribution in [0, 0.1) is 9.39 Å². The van der Waals surface area contributed by atoms with Gasteiger partial charge in [-0.05, 0) is 74.9 Å². The van der Waals surface area contributed by atoms with Crippen LogP contribution in [0.15, 0.2) is 40.9 Å². The Kier molecular flexibility index (Phi) is 4.94. The van der Waals surface area contributed by atoms with Crippen LogP contribution in [0.2, 0.25) is 0 Å². The number of carboxylic acids is 1. The molecule has 2 aromatic rings. The number of aromatic carboxylic acids is 1. The minimum absolute atomic E-state index is 0.0849. The highest BCUT2D eigenvalue weighted by atomic mass is 127. The third kappa shape index (κ3) is 3.79. The van der Waals surface area contributed by atoms with Crippen LogP contribution in [0.4, 0.5) is 10.1 Å². The number of rotatable bonds is 3. The number of hydrogen-bond acceptors (Lipinski definition) is 2. The Balaban J connectivity index is 2.38. The predicted octanol–water partition coefficient (Wildman–Crippen LogP) is 4.14. The van der Waals surface area contributed by atoms with Gasteiger partial charge in [-0.15, -0.1) is 0 Å². The first-order chi connectivity index (χ1) is 9.88. The van der Waals surface area contributed by atoms with Crippen LogP contribution >= 0.6 is 38.5 Å². The summed E-state index contributed by atoms with van der Waals surface area (Å²) in [6.07, 6.45) is 0. The zero-order valence-corrected chi connectivity index (χ0v) is 14.1. The van der Waals surface area contributed by atoms with Crippen molar-refractivity contribution in [1.29, 1.82) is 0 Å². The van der Waals surface area contributed by atoms with Gasteiger partial charge in [-0.1, -0.05) is 0 Å². The van der Waals surface area contributed by atoms with E-state index in [1.54, 1.807) is 12.1 Å². The summed E-state index contributed by atoms with van der Waals surface area (Å²) < 4.78 is 14.7. The van der Waals surface area contributed by atoms with E-state index >= 15 is 0 Å². The molecular weight excluding hydrogens is 456 g/mol. The number of nitrogens with one attached hydrogen (secondary N) is 1. The first kappa shape index (κ1) is 15.9. The average molecular weight is 464 g/mol. The van der Waals surface area contributed by atoms with Crippen LogP contribution in [0.1, 0.15) is 20.7 Å². The molecule has 2 rings (SSSR count). The van der Waals surface area contributed by atoms with Crippen molar-refractivity contribution in [3.8, 4) is 0 Å². The number of carbonyl (C=O) groups is 2. The number of benzene rings is 2. The Morgan fingerprint density at radius 2 is 1.86 bits per heavy atom. The van der Waals surface area contributed by atoms with Gasteiger partial charge in [-0.25, -0.2) is 9.18 Å². The fourth-order valence-corrected chi connectivity index (χ4v) is 2.59. The molecule has 0 bridgehead atoms. The van der Waals surface area contributed by atoms with Crippen molar-refractivity contribution < 1.29 is 19.1 Å². The van der Waals surface area contributed by atoms with Crippen molar-refractivity contribution in [2.75, 3.05) is 5.32 Å². The minimum Gasteiger partial charge on any atom is -0.478 e. The summed E-state index contributed by atoms with van der Waals surface area (Å²) in [5.74, 6) is -2.39. The van der Waals surface area contributed by atoms with Gasteiger partial charge in [0.25, 0.3) is 5.91 Å². The molecule has 0 unspecified atom stereocenters. The van der Waals surface area contributed by atoms with Crippen LogP contribution < -0.4 is 5.32 Å². The number of carbonyl (C=O) groups excluding carboxylic acids is 1. The van der Waals surface area contributed by atoms with E-state index in [9.17, 15) is 14.0 Å². The average Bonchev–Trinajstić information content (AvgIpc) is 2.41. The molecule has 2 aromatic carbocycles. The second kappa shape index (κ2) is 6.52. The smallest absolute Gasteiger partial charge is 0.337 e. The lowest BCUT2D eigenvalue weighted by molar-refractivity contribution is 0.0698. The van der Waals surface area contributed by atoms with E-state index in [-0.39, 0.29) is 11.3 Å².